The largest absolute Gasteiger partial charge is 0.366 e. The van der Waals surface area contributed by atoms with Gasteiger partial charge in [-0.3, -0.25) is 9.59 Å². The van der Waals surface area contributed by atoms with E-state index in [1.165, 1.54) is 0 Å². The standard InChI is InChI=1S/C22H16N2O2S4/c23-21(25)13-5-7-19(15(11-13)17-3-1-9-27-17)29-30-20-8-6-14(22(24)26)12-16(20)18-4-2-10-28-18/h1-12H,(H2,23,25)(H2,24,26). The number of carbonyl (C=O) groups excluding carboxylic acids is 2. The van der Waals surface area contributed by atoms with Crippen molar-refractivity contribution in [3.63, 3.8) is 0 Å². The molecule has 2 amide bonds. The molecule has 0 saturated carbocycles. The highest BCUT2D eigenvalue weighted by molar-refractivity contribution is 8.76. The Morgan fingerprint density at radius 2 is 1.10 bits per heavy atom. The number of benzene rings is 2. The Morgan fingerprint density at radius 1 is 0.667 bits per heavy atom. The van der Waals surface area contributed by atoms with Crippen LogP contribution in [-0.2, 0) is 0 Å². The minimum Gasteiger partial charge on any atom is -0.366 e. The van der Waals surface area contributed by atoms with Crippen molar-refractivity contribution in [3.8, 4) is 20.9 Å². The summed E-state index contributed by atoms with van der Waals surface area (Å²) >= 11 is 3.23. The van der Waals surface area contributed by atoms with Crippen LogP contribution in [0, 0.1) is 0 Å². The second-order valence-electron chi connectivity index (χ2n) is 6.27. The molecule has 0 spiro atoms. The molecule has 0 radical (unpaired) electrons. The third kappa shape index (κ3) is 4.46. The summed E-state index contributed by atoms with van der Waals surface area (Å²) in [6.07, 6.45) is 0. The Labute approximate surface area is 189 Å². The van der Waals surface area contributed by atoms with Gasteiger partial charge in [0.2, 0.25) is 11.8 Å². The van der Waals surface area contributed by atoms with Gasteiger partial charge < -0.3 is 11.5 Å². The van der Waals surface area contributed by atoms with E-state index in [0.29, 0.717) is 11.1 Å². The zero-order valence-electron chi connectivity index (χ0n) is 15.5. The number of amides is 2. The maximum Gasteiger partial charge on any atom is 0.248 e. The molecule has 0 aliphatic heterocycles. The van der Waals surface area contributed by atoms with Crippen LogP contribution in [0.1, 0.15) is 20.7 Å². The second-order valence-corrected chi connectivity index (χ2v) is 10.4. The molecular formula is C22H16N2O2S4. The van der Waals surface area contributed by atoms with Crippen LogP contribution in [0.15, 0.2) is 81.2 Å². The predicted molar refractivity (Wildman–Crippen MR) is 128 cm³/mol. The molecule has 0 aliphatic carbocycles. The molecule has 2 aromatic carbocycles. The molecule has 0 aliphatic rings. The summed E-state index contributed by atoms with van der Waals surface area (Å²) in [5, 5.41) is 4.01. The van der Waals surface area contributed by atoms with Crippen molar-refractivity contribution < 1.29 is 9.59 Å². The van der Waals surface area contributed by atoms with Crippen molar-refractivity contribution in [1.82, 2.24) is 0 Å². The number of nitrogens with two attached hydrogens (primary N) is 2. The van der Waals surface area contributed by atoms with E-state index in [4.69, 9.17) is 11.5 Å². The van der Waals surface area contributed by atoms with Crippen molar-refractivity contribution in [2.24, 2.45) is 11.5 Å². The molecule has 4 nitrogen and oxygen atoms in total. The second kappa shape index (κ2) is 9.09. The summed E-state index contributed by atoms with van der Waals surface area (Å²) in [4.78, 5) is 27.5. The molecule has 150 valence electrons. The third-order valence-corrected chi connectivity index (χ3v) is 8.61. The number of thiophene rings is 2. The van der Waals surface area contributed by atoms with E-state index in [2.05, 4.69) is 0 Å². The van der Waals surface area contributed by atoms with E-state index in [9.17, 15) is 9.59 Å². The molecule has 0 fully saturated rings. The summed E-state index contributed by atoms with van der Waals surface area (Å²) in [6, 6.07) is 19.0. The van der Waals surface area contributed by atoms with Gasteiger partial charge in [-0.15, -0.1) is 22.7 Å². The number of primary amides is 2. The Bertz CT molecular complexity index is 1110. The normalized spacial score (nSPS) is 10.8. The summed E-state index contributed by atoms with van der Waals surface area (Å²) in [5.41, 5.74) is 13.9. The van der Waals surface area contributed by atoms with Crippen LogP contribution in [0.5, 0.6) is 0 Å². The number of hydrogen-bond acceptors (Lipinski definition) is 6. The molecule has 4 rings (SSSR count). The molecule has 8 heteroatoms. The number of hydrogen-bond donors (Lipinski definition) is 2. The topological polar surface area (TPSA) is 86.2 Å². The minimum atomic E-state index is -0.445. The quantitative estimate of drug-likeness (QED) is 0.319. The van der Waals surface area contributed by atoms with Crippen molar-refractivity contribution >= 4 is 56.1 Å². The smallest absolute Gasteiger partial charge is 0.248 e. The molecule has 2 heterocycles. The molecular weight excluding hydrogens is 453 g/mol. The van der Waals surface area contributed by atoms with E-state index < -0.39 is 11.8 Å². The zero-order chi connectivity index (χ0) is 21.1. The van der Waals surface area contributed by atoms with E-state index >= 15 is 0 Å². The van der Waals surface area contributed by atoms with Gasteiger partial charge in [0.05, 0.1) is 0 Å². The lowest BCUT2D eigenvalue weighted by Gasteiger charge is -2.12. The van der Waals surface area contributed by atoms with Gasteiger partial charge in [-0.1, -0.05) is 33.7 Å². The Morgan fingerprint density at radius 3 is 1.43 bits per heavy atom. The van der Waals surface area contributed by atoms with Gasteiger partial charge in [0, 0.05) is 41.8 Å². The SMILES string of the molecule is NC(=O)c1ccc(SSc2ccc(C(N)=O)cc2-c2cccs2)c(-c2cccs2)c1. The Balaban J connectivity index is 1.69. The van der Waals surface area contributed by atoms with Crippen LogP contribution in [0.2, 0.25) is 0 Å². The third-order valence-electron chi connectivity index (χ3n) is 4.32. The first-order valence-electron chi connectivity index (χ1n) is 8.83. The average Bonchev–Trinajstić information content (AvgIpc) is 3.46. The van der Waals surface area contributed by atoms with Gasteiger partial charge in [0.15, 0.2) is 0 Å². The summed E-state index contributed by atoms with van der Waals surface area (Å²) < 4.78 is 0. The lowest BCUT2D eigenvalue weighted by atomic mass is 10.1. The highest BCUT2D eigenvalue weighted by atomic mass is 33.1. The average molecular weight is 469 g/mol. The number of carbonyl (C=O) groups is 2. The zero-order valence-corrected chi connectivity index (χ0v) is 18.8. The molecule has 0 unspecified atom stereocenters. The maximum atomic E-state index is 11.7. The van der Waals surface area contributed by atoms with Gasteiger partial charge in [-0.05, 0) is 59.3 Å². The highest BCUT2D eigenvalue weighted by Crippen LogP contribution is 2.46. The van der Waals surface area contributed by atoms with Crippen LogP contribution < -0.4 is 11.5 Å². The number of rotatable bonds is 7. The van der Waals surface area contributed by atoms with Crippen LogP contribution in [0.3, 0.4) is 0 Å². The van der Waals surface area contributed by atoms with Crippen LogP contribution in [-0.4, -0.2) is 11.8 Å². The Kier molecular flexibility index (Phi) is 6.29. The summed E-state index contributed by atoms with van der Waals surface area (Å²) in [5.74, 6) is -0.891. The lowest BCUT2D eigenvalue weighted by molar-refractivity contribution is 0.0992. The molecule has 0 atom stereocenters. The molecule has 0 saturated heterocycles. The predicted octanol–water partition coefficient (Wildman–Crippen LogP) is 6.14. The van der Waals surface area contributed by atoms with Gasteiger partial charge in [-0.2, -0.15) is 0 Å². The van der Waals surface area contributed by atoms with Gasteiger partial charge in [-0.25, -0.2) is 0 Å². The van der Waals surface area contributed by atoms with Crippen LogP contribution >= 0.6 is 44.3 Å². The molecule has 2 aromatic heterocycles. The molecule has 4 N–H and O–H groups in total. The summed E-state index contributed by atoms with van der Waals surface area (Å²) in [7, 11) is 3.21. The van der Waals surface area contributed by atoms with E-state index in [0.717, 1.165) is 30.7 Å². The lowest BCUT2D eigenvalue weighted by Crippen LogP contribution is -2.10. The van der Waals surface area contributed by atoms with Gasteiger partial charge >= 0.3 is 0 Å². The van der Waals surface area contributed by atoms with Crippen molar-refractivity contribution in [2.75, 3.05) is 0 Å². The fourth-order valence-electron chi connectivity index (χ4n) is 2.85. The first kappa shape index (κ1) is 20.7. The van der Waals surface area contributed by atoms with E-state index in [1.807, 2.05) is 59.3 Å². The highest BCUT2D eigenvalue weighted by Gasteiger charge is 2.15. The first-order chi connectivity index (χ1) is 14.5. The summed E-state index contributed by atoms with van der Waals surface area (Å²) in [6.45, 7) is 0. The van der Waals surface area contributed by atoms with Crippen molar-refractivity contribution in [3.05, 3.63) is 82.6 Å². The monoisotopic (exact) mass is 468 g/mol. The molecule has 4 aromatic rings. The van der Waals surface area contributed by atoms with Crippen molar-refractivity contribution in [2.45, 2.75) is 9.79 Å². The van der Waals surface area contributed by atoms with E-state index in [-0.39, 0.29) is 0 Å². The first-order valence-corrected chi connectivity index (χ1v) is 12.7. The molecule has 30 heavy (non-hydrogen) atoms. The van der Waals surface area contributed by atoms with Crippen molar-refractivity contribution in [1.29, 1.82) is 0 Å². The minimum absolute atomic E-state index is 0.445. The molecule has 0 bridgehead atoms. The van der Waals surface area contributed by atoms with Gasteiger partial charge in [0.25, 0.3) is 0 Å². The fourth-order valence-corrected chi connectivity index (χ4v) is 6.85. The van der Waals surface area contributed by atoms with Crippen LogP contribution in [0.25, 0.3) is 20.9 Å². The fraction of sp³-hybridized carbons (Fsp3) is 0. The maximum absolute atomic E-state index is 11.7. The van der Waals surface area contributed by atoms with E-state index in [1.54, 1.807) is 56.4 Å². The van der Waals surface area contributed by atoms with Crippen LogP contribution in [0.4, 0.5) is 0 Å². The Hall–Kier alpha value is -2.52. The van der Waals surface area contributed by atoms with Gasteiger partial charge in [0.1, 0.15) is 0 Å².